The van der Waals surface area contributed by atoms with Crippen molar-refractivity contribution < 1.29 is 13.2 Å². The SMILES string of the molecule is COc1ccc(-c2cn[nH]c2-c2ccccc2S(N)(=O)=O)cc1. The Morgan fingerprint density at radius 2 is 1.74 bits per heavy atom. The van der Waals surface area contributed by atoms with Crippen molar-refractivity contribution in [3.63, 3.8) is 0 Å². The minimum Gasteiger partial charge on any atom is -0.497 e. The minimum atomic E-state index is -3.84. The third-order valence-corrected chi connectivity index (χ3v) is 4.47. The van der Waals surface area contributed by atoms with Gasteiger partial charge in [-0.05, 0) is 23.8 Å². The zero-order valence-electron chi connectivity index (χ0n) is 12.4. The standard InChI is InChI=1S/C16H15N3O3S/c1-22-12-8-6-11(7-9-12)14-10-18-19-16(14)13-4-2-3-5-15(13)23(17,20)21/h2-10H,1H3,(H,18,19)(H2,17,20,21). The Labute approximate surface area is 134 Å². The van der Waals surface area contributed by atoms with Crippen LogP contribution in [0.1, 0.15) is 0 Å². The molecule has 0 radical (unpaired) electrons. The smallest absolute Gasteiger partial charge is 0.238 e. The number of nitrogens with zero attached hydrogens (tertiary/aromatic N) is 1. The summed E-state index contributed by atoms with van der Waals surface area (Å²) in [6.45, 7) is 0. The molecule has 0 spiro atoms. The molecule has 1 heterocycles. The molecule has 2 aromatic carbocycles. The molecule has 0 saturated carbocycles. The molecule has 23 heavy (non-hydrogen) atoms. The van der Waals surface area contributed by atoms with Crippen LogP contribution in [0.25, 0.3) is 22.4 Å². The van der Waals surface area contributed by atoms with Crippen molar-refractivity contribution in [2.45, 2.75) is 4.90 Å². The van der Waals surface area contributed by atoms with Crippen LogP contribution in [-0.2, 0) is 10.0 Å². The molecular weight excluding hydrogens is 314 g/mol. The maximum Gasteiger partial charge on any atom is 0.238 e. The topological polar surface area (TPSA) is 98.1 Å². The number of ether oxygens (including phenoxy) is 1. The van der Waals surface area contributed by atoms with Crippen LogP contribution in [0.15, 0.2) is 59.6 Å². The Morgan fingerprint density at radius 1 is 1.04 bits per heavy atom. The molecule has 0 unspecified atom stereocenters. The molecule has 0 aliphatic carbocycles. The number of aromatic nitrogens is 2. The van der Waals surface area contributed by atoms with Gasteiger partial charge < -0.3 is 4.74 Å². The second-order valence-electron chi connectivity index (χ2n) is 4.93. The number of sulfonamides is 1. The molecule has 0 amide bonds. The predicted octanol–water partition coefficient (Wildman–Crippen LogP) is 2.40. The molecule has 3 aromatic rings. The largest absolute Gasteiger partial charge is 0.497 e. The lowest BCUT2D eigenvalue weighted by Crippen LogP contribution is -2.13. The van der Waals surface area contributed by atoms with Crippen molar-refractivity contribution in [2.75, 3.05) is 7.11 Å². The third kappa shape index (κ3) is 2.96. The Morgan fingerprint density at radius 3 is 2.39 bits per heavy atom. The summed E-state index contributed by atoms with van der Waals surface area (Å²) in [6, 6.07) is 14.0. The van der Waals surface area contributed by atoms with Crippen LogP contribution in [0.3, 0.4) is 0 Å². The van der Waals surface area contributed by atoms with E-state index in [4.69, 9.17) is 9.88 Å². The number of primary sulfonamides is 1. The van der Waals surface area contributed by atoms with Crippen LogP contribution in [0, 0.1) is 0 Å². The number of hydrogen-bond acceptors (Lipinski definition) is 4. The first-order valence-electron chi connectivity index (χ1n) is 6.80. The van der Waals surface area contributed by atoms with Gasteiger partial charge in [0.2, 0.25) is 10.0 Å². The van der Waals surface area contributed by atoms with Crippen LogP contribution in [-0.4, -0.2) is 25.7 Å². The maximum atomic E-state index is 11.8. The summed E-state index contributed by atoms with van der Waals surface area (Å²) in [5, 5.41) is 12.2. The van der Waals surface area contributed by atoms with Crippen molar-refractivity contribution in [2.24, 2.45) is 5.14 Å². The van der Waals surface area contributed by atoms with E-state index < -0.39 is 10.0 Å². The molecule has 0 aliphatic heterocycles. The van der Waals surface area contributed by atoms with E-state index in [1.165, 1.54) is 6.07 Å². The molecular formula is C16H15N3O3S. The van der Waals surface area contributed by atoms with Crippen molar-refractivity contribution in [3.8, 4) is 28.1 Å². The highest BCUT2D eigenvalue weighted by atomic mass is 32.2. The van der Waals surface area contributed by atoms with Gasteiger partial charge in [0, 0.05) is 11.1 Å². The van der Waals surface area contributed by atoms with Gasteiger partial charge in [-0.1, -0.05) is 30.3 Å². The van der Waals surface area contributed by atoms with Gasteiger partial charge in [-0.2, -0.15) is 5.10 Å². The molecule has 0 fully saturated rings. The van der Waals surface area contributed by atoms with Crippen molar-refractivity contribution in [1.82, 2.24) is 10.2 Å². The van der Waals surface area contributed by atoms with E-state index >= 15 is 0 Å². The first-order valence-corrected chi connectivity index (χ1v) is 8.35. The fraction of sp³-hybridized carbons (Fsp3) is 0.0625. The molecule has 3 N–H and O–H groups in total. The van der Waals surface area contributed by atoms with E-state index in [-0.39, 0.29) is 4.90 Å². The molecule has 118 valence electrons. The van der Waals surface area contributed by atoms with Gasteiger partial charge in [0.25, 0.3) is 0 Å². The maximum absolute atomic E-state index is 11.8. The summed E-state index contributed by atoms with van der Waals surface area (Å²) in [7, 11) is -2.24. The number of methoxy groups -OCH3 is 1. The van der Waals surface area contributed by atoms with E-state index in [0.717, 1.165) is 16.9 Å². The number of nitrogens with two attached hydrogens (primary N) is 1. The minimum absolute atomic E-state index is 0.0546. The second kappa shape index (κ2) is 5.86. The van der Waals surface area contributed by atoms with E-state index in [1.807, 2.05) is 24.3 Å². The normalized spacial score (nSPS) is 11.4. The molecule has 6 nitrogen and oxygen atoms in total. The zero-order valence-corrected chi connectivity index (χ0v) is 13.2. The number of nitrogens with one attached hydrogen (secondary N) is 1. The number of hydrogen-bond donors (Lipinski definition) is 2. The number of benzene rings is 2. The van der Waals surface area contributed by atoms with E-state index in [9.17, 15) is 8.42 Å². The number of aromatic amines is 1. The van der Waals surface area contributed by atoms with Gasteiger partial charge in [0.15, 0.2) is 0 Å². The number of H-pyrrole nitrogens is 1. The first-order chi connectivity index (χ1) is 11.0. The van der Waals surface area contributed by atoms with Gasteiger partial charge in [0.05, 0.1) is 23.9 Å². The van der Waals surface area contributed by atoms with Crippen LogP contribution in [0.5, 0.6) is 5.75 Å². The Bertz CT molecular complexity index is 931. The summed E-state index contributed by atoms with van der Waals surface area (Å²) in [5.74, 6) is 0.740. The average molecular weight is 329 g/mol. The molecule has 0 aliphatic rings. The van der Waals surface area contributed by atoms with Crippen LogP contribution >= 0.6 is 0 Å². The monoisotopic (exact) mass is 329 g/mol. The third-order valence-electron chi connectivity index (χ3n) is 3.50. The zero-order chi connectivity index (χ0) is 16.4. The Hall–Kier alpha value is -2.64. The lowest BCUT2D eigenvalue weighted by Gasteiger charge is -2.09. The molecule has 1 aromatic heterocycles. The molecule has 0 atom stereocenters. The second-order valence-corrected chi connectivity index (χ2v) is 6.46. The highest BCUT2D eigenvalue weighted by Crippen LogP contribution is 2.34. The molecule has 0 saturated heterocycles. The summed E-state index contributed by atoms with van der Waals surface area (Å²) >= 11 is 0. The number of rotatable bonds is 4. The average Bonchev–Trinajstić information content (AvgIpc) is 3.03. The van der Waals surface area contributed by atoms with Gasteiger partial charge in [-0.15, -0.1) is 0 Å². The molecule has 7 heteroatoms. The van der Waals surface area contributed by atoms with E-state index in [1.54, 1.807) is 31.5 Å². The fourth-order valence-electron chi connectivity index (χ4n) is 2.40. The summed E-state index contributed by atoms with van der Waals surface area (Å²) in [4.78, 5) is 0.0546. The highest BCUT2D eigenvalue weighted by molar-refractivity contribution is 7.89. The fourth-order valence-corrected chi connectivity index (χ4v) is 3.15. The van der Waals surface area contributed by atoms with E-state index in [0.29, 0.717) is 11.3 Å². The quantitative estimate of drug-likeness (QED) is 0.768. The Balaban J connectivity index is 2.15. The van der Waals surface area contributed by atoms with Crippen LogP contribution in [0.2, 0.25) is 0 Å². The van der Waals surface area contributed by atoms with Gasteiger partial charge in [-0.25, -0.2) is 13.6 Å². The van der Waals surface area contributed by atoms with Crippen LogP contribution < -0.4 is 9.88 Å². The lowest BCUT2D eigenvalue weighted by molar-refractivity contribution is 0.415. The van der Waals surface area contributed by atoms with Gasteiger partial charge in [0.1, 0.15) is 5.75 Å². The first kappa shape index (κ1) is 15.3. The summed E-state index contributed by atoms with van der Waals surface area (Å²) in [5.41, 5.74) is 2.75. The molecule has 0 bridgehead atoms. The van der Waals surface area contributed by atoms with Crippen molar-refractivity contribution >= 4 is 10.0 Å². The summed E-state index contributed by atoms with van der Waals surface area (Å²) < 4.78 is 28.8. The predicted molar refractivity (Wildman–Crippen MR) is 87.4 cm³/mol. The van der Waals surface area contributed by atoms with Gasteiger partial charge >= 0.3 is 0 Å². The van der Waals surface area contributed by atoms with Crippen molar-refractivity contribution in [3.05, 3.63) is 54.7 Å². The Kier molecular flexibility index (Phi) is 3.89. The summed E-state index contributed by atoms with van der Waals surface area (Å²) in [6.07, 6.45) is 1.65. The van der Waals surface area contributed by atoms with Crippen LogP contribution in [0.4, 0.5) is 0 Å². The molecule has 3 rings (SSSR count). The lowest BCUT2D eigenvalue weighted by atomic mass is 10.0. The van der Waals surface area contributed by atoms with Crippen molar-refractivity contribution in [1.29, 1.82) is 0 Å². The van der Waals surface area contributed by atoms with E-state index in [2.05, 4.69) is 10.2 Å². The van der Waals surface area contributed by atoms with Gasteiger partial charge in [-0.3, -0.25) is 5.10 Å². The highest BCUT2D eigenvalue weighted by Gasteiger charge is 2.18.